The van der Waals surface area contributed by atoms with Crippen LogP contribution in [0.5, 0.6) is 0 Å². The summed E-state index contributed by atoms with van der Waals surface area (Å²) in [5, 5.41) is 12.0. The Labute approximate surface area is 96.8 Å². The number of carbonyl (C=O) groups is 1. The molecule has 0 aromatic rings. The summed E-state index contributed by atoms with van der Waals surface area (Å²) in [5.74, 6) is 0. The number of nitrogens with one attached hydrogen (secondary N) is 1. The van der Waals surface area contributed by atoms with Crippen molar-refractivity contribution in [3.8, 4) is 0 Å². The van der Waals surface area contributed by atoms with E-state index >= 15 is 0 Å². The smallest absolute Gasteiger partial charge is 0.317 e. The molecule has 1 aliphatic rings. The molecular formula is C11H22N2O3. The van der Waals surface area contributed by atoms with Crippen molar-refractivity contribution in [1.29, 1.82) is 0 Å². The number of hydrogen-bond donors (Lipinski definition) is 2. The molecule has 94 valence electrons. The fraction of sp³-hybridized carbons (Fsp3) is 0.909. The van der Waals surface area contributed by atoms with E-state index < -0.39 is 0 Å². The fourth-order valence-corrected chi connectivity index (χ4v) is 1.68. The largest absolute Gasteiger partial charge is 0.396 e. The maximum Gasteiger partial charge on any atom is 0.317 e. The fourth-order valence-electron chi connectivity index (χ4n) is 1.68. The predicted molar refractivity (Wildman–Crippen MR) is 61.3 cm³/mol. The number of nitrogens with zero attached hydrogens (tertiary/aromatic N) is 1. The van der Waals surface area contributed by atoms with Gasteiger partial charge in [0.25, 0.3) is 0 Å². The van der Waals surface area contributed by atoms with E-state index in [1.165, 1.54) is 0 Å². The number of aliphatic hydroxyl groups excluding tert-OH is 1. The lowest BCUT2D eigenvalue weighted by atomic mass is 9.95. The first-order valence-electron chi connectivity index (χ1n) is 5.87. The van der Waals surface area contributed by atoms with Crippen molar-refractivity contribution in [2.24, 2.45) is 0 Å². The summed E-state index contributed by atoms with van der Waals surface area (Å²) < 4.78 is 5.19. The van der Waals surface area contributed by atoms with Crippen LogP contribution in [0.15, 0.2) is 0 Å². The van der Waals surface area contributed by atoms with Crippen molar-refractivity contribution in [2.75, 3.05) is 32.9 Å². The Morgan fingerprint density at radius 3 is 2.62 bits per heavy atom. The molecule has 1 unspecified atom stereocenters. The van der Waals surface area contributed by atoms with Crippen LogP contribution in [0, 0.1) is 0 Å². The SMILES string of the molecule is CCC(C)(CCO)NC(=O)N1CCOCC1. The summed E-state index contributed by atoms with van der Waals surface area (Å²) in [6.07, 6.45) is 1.39. The number of morpholine rings is 1. The predicted octanol–water partition coefficient (Wildman–Crippen LogP) is 0.579. The van der Waals surface area contributed by atoms with Crippen molar-refractivity contribution in [1.82, 2.24) is 10.2 Å². The van der Waals surface area contributed by atoms with Gasteiger partial charge in [-0.1, -0.05) is 6.92 Å². The van der Waals surface area contributed by atoms with Gasteiger partial charge in [-0.05, 0) is 19.8 Å². The minimum Gasteiger partial charge on any atom is -0.396 e. The van der Waals surface area contributed by atoms with Gasteiger partial charge in [-0.2, -0.15) is 0 Å². The van der Waals surface area contributed by atoms with Gasteiger partial charge >= 0.3 is 6.03 Å². The maximum absolute atomic E-state index is 11.9. The zero-order chi connectivity index (χ0) is 12.0. The Morgan fingerprint density at radius 2 is 2.12 bits per heavy atom. The summed E-state index contributed by atoms with van der Waals surface area (Å²) in [5.41, 5.74) is -0.315. The van der Waals surface area contributed by atoms with Crippen LogP contribution in [0.3, 0.4) is 0 Å². The van der Waals surface area contributed by atoms with Gasteiger partial charge in [0.2, 0.25) is 0 Å². The minimum absolute atomic E-state index is 0.0545. The van der Waals surface area contributed by atoms with E-state index in [2.05, 4.69) is 5.32 Å². The molecule has 0 aromatic carbocycles. The Hall–Kier alpha value is -0.810. The van der Waals surface area contributed by atoms with Crippen molar-refractivity contribution in [3.63, 3.8) is 0 Å². The first-order chi connectivity index (χ1) is 7.61. The topological polar surface area (TPSA) is 61.8 Å². The number of urea groups is 1. The normalized spacial score (nSPS) is 20.3. The highest BCUT2D eigenvalue weighted by Gasteiger charge is 2.26. The second-order valence-corrected chi connectivity index (χ2v) is 4.42. The zero-order valence-electron chi connectivity index (χ0n) is 10.2. The molecule has 1 fully saturated rings. The second kappa shape index (κ2) is 6.06. The van der Waals surface area contributed by atoms with Gasteiger partial charge in [0, 0.05) is 25.2 Å². The Balaban J connectivity index is 2.47. The standard InChI is InChI=1S/C11H22N2O3/c1-3-11(2,4-7-14)12-10(15)13-5-8-16-9-6-13/h14H,3-9H2,1-2H3,(H,12,15). The summed E-state index contributed by atoms with van der Waals surface area (Å²) in [7, 11) is 0. The highest BCUT2D eigenvalue weighted by Crippen LogP contribution is 2.14. The molecule has 0 aliphatic carbocycles. The van der Waals surface area contributed by atoms with Gasteiger partial charge < -0.3 is 20.1 Å². The zero-order valence-corrected chi connectivity index (χ0v) is 10.2. The van der Waals surface area contributed by atoms with Crippen LogP contribution in [0.4, 0.5) is 4.79 Å². The molecule has 1 aliphatic heterocycles. The third-order valence-electron chi connectivity index (χ3n) is 3.15. The van der Waals surface area contributed by atoms with Crippen LogP contribution in [0.2, 0.25) is 0 Å². The summed E-state index contributed by atoms with van der Waals surface area (Å²) >= 11 is 0. The molecule has 1 saturated heterocycles. The Morgan fingerprint density at radius 1 is 1.50 bits per heavy atom. The van der Waals surface area contributed by atoms with Gasteiger partial charge in [0.15, 0.2) is 0 Å². The van der Waals surface area contributed by atoms with Gasteiger partial charge in [-0.25, -0.2) is 4.79 Å². The molecule has 2 amide bonds. The van der Waals surface area contributed by atoms with Crippen LogP contribution in [0.1, 0.15) is 26.7 Å². The molecule has 0 radical (unpaired) electrons. The van der Waals surface area contributed by atoms with E-state index in [1.807, 2.05) is 13.8 Å². The molecule has 2 N–H and O–H groups in total. The van der Waals surface area contributed by atoms with Gasteiger partial charge in [0.05, 0.1) is 13.2 Å². The van der Waals surface area contributed by atoms with E-state index in [0.29, 0.717) is 32.7 Å². The monoisotopic (exact) mass is 230 g/mol. The second-order valence-electron chi connectivity index (χ2n) is 4.42. The highest BCUT2D eigenvalue weighted by atomic mass is 16.5. The number of rotatable bonds is 4. The van der Waals surface area contributed by atoms with Crippen molar-refractivity contribution in [2.45, 2.75) is 32.2 Å². The van der Waals surface area contributed by atoms with E-state index in [1.54, 1.807) is 4.90 Å². The van der Waals surface area contributed by atoms with Crippen LogP contribution < -0.4 is 5.32 Å². The first-order valence-corrected chi connectivity index (χ1v) is 5.87. The lowest BCUT2D eigenvalue weighted by molar-refractivity contribution is 0.0504. The average Bonchev–Trinajstić information content (AvgIpc) is 2.30. The molecule has 0 aromatic heterocycles. The van der Waals surface area contributed by atoms with Crippen LogP contribution in [-0.2, 0) is 4.74 Å². The molecule has 0 spiro atoms. The van der Waals surface area contributed by atoms with Crippen LogP contribution >= 0.6 is 0 Å². The van der Waals surface area contributed by atoms with Crippen molar-refractivity contribution < 1.29 is 14.6 Å². The van der Waals surface area contributed by atoms with E-state index in [0.717, 1.165) is 6.42 Å². The number of ether oxygens (including phenoxy) is 1. The lowest BCUT2D eigenvalue weighted by Crippen LogP contribution is -2.54. The summed E-state index contributed by atoms with van der Waals surface area (Å²) in [6, 6.07) is -0.0545. The Bertz CT molecular complexity index is 229. The molecule has 0 bridgehead atoms. The summed E-state index contributed by atoms with van der Waals surface area (Å²) in [4.78, 5) is 13.7. The van der Waals surface area contributed by atoms with Crippen LogP contribution in [-0.4, -0.2) is 54.5 Å². The Kier molecular flexibility index (Phi) is 5.02. The molecule has 0 saturated carbocycles. The van der Waals surface area contributed by atoms with Crippen molar-refractivity contribution in [3.05, 3.63) is 0 Å². The highest BCUT2D eigenvalue weighted by molar-refractivity contribution is 5.75. The lowest BCUT2D eigenvalue weighted by Gasteiger charge is -2.34. The quantitative estimate of drug-likeness (QED) is 0.742. The van der Waals surface area contributed by atoms with Gasteiger partial charge in [0.1, 0.15) is 0 Å². The number of aliphatic hydroxyl groups is 1. The van der Waals surface area contributed by atoms with Gasteiger partial charge in [-0.3, -0.25) is 0 Å². The van der Waals surface area contributed by atoms with Crippen LogP contribution in [0.25, 0.3) is 0 Å². The summed E-state index contributed by atoms with van der Waals surface area (Å²) in [6.45, 7) is 6.56. The molecule has 1 rings (SSSR count). The van der Waals surface area contributed by atoms with E-state index in [-0.39, 0.29) is 18.2 Å². The maximum atomic E-state index is 11.9. The molecule has 5 nitrogen and oxygen atoms in total. The van der Waals surface area contributed by atoms with Gasteiger partial charge in [-0.15, -0.1) is 0 Å². The minimum atomic E-state index is -0.315. The number of carbonyl (C=O) groups excluding carboxylic acids is 1. The molecule has 1 heterocycles. The molecule has 5 heteroatoms. The molecule has 16 heavy (non-hydrogen) atoms. The van der Waals surface area contributed by atoms with Crippen molar-refractivity contribution >= 4 is 6.03 Å². The average molecular weight is 230 g/mol. The van der Waals surface area contributed by atoms with E-state index in [9.17, 15) is 4.79 Å². The molecule has 1 atom stereocenters. The third kappa shape index (κ3) is 3.64. The first kappa shape index (κ1) is 13.3. The number of hydrogen-bond acceptors (Lipinski definition) is 3. The third-order valence-corrected chi connectivity index (χ3v) is 3.15. The molecular weight excluding hydrogens is 208 g/mol. The van der Waals surface area contributed by atoms with E-state index in [4.69, 9.17) is 9.84 Å². The number of amides is 2.